The zero-order valence-electron chi connectivity index (χ0n) is 12.7. The number of ether oxygens (including phenoxy) is 1. The summed E-state index contributed by atoms with van der Waals surface area (Å²) in [6.45, 7) is 0. The monoisotopic (exact) mass is 423 g/mol. The third-order valence-corrected chi connectivity index (χ3v) is 4.07. The fourth-order valence-corrected chi connectivity index (χ4v) is 3.08. The van der Waals surface area contributed by atoms with Crippen LogP contribution in [-0.2, 0) is 9.59 Å². The maximum Gasteiger partial charge on any atom is 0.328 e. The number of barbiturate groups is 1. The highest BCUT2D eigenvalue weighted by Gasteiger charge is 2.64. The summed E-state index contributed by atoms with van der Waals surface area (Å²) in [6.07, 6.45) is 2.81. The average Bonchev–Trinajstić information content (AvgIpc) is 2.90. The summed E-state index contributed by atoms with van der Waals surface area (Å²) < 4.78 is 5.46. The molecule has 12 heteroatoms. The first-order chi connectivity index (χ1) is 11.9. The number of hydrogen-bond donors (Lipinski definition) is 4. The normalized spacial score (nSPS) is 19.8. The number of aromatic nitrogens is 3. The van der Waals surface area contributed by atoms with Gasteiger partial charge >= 0.3 is 11.7 Å². The zero-order chi connectivity index (χ0) is 17.8. The summed E-state index contributed by atoms with van der Waals surface area (Å²) >= 11 is 0. The number of fused-ring (bicyclic) bond motifs is 1. The van der Waals surface area contributed by atoms with Gasteiger partial charge < -0.3 is 4.74 Å². The van der Waals surface area contributed by atoms with E-state index in [1.807, 2.05) is 15.6 Å². The maximum absolute atomic E-state index is 12.5. The number of hydrogen-bond acceptors (Lipinski definition) is 7. The molecule has 1 saturated heterocycles. The summed E-state index contributed by atoms with van der Waals surface area (Å²) in [6, 6.07) is 1.98. The molecule has 26 heavy (non-hydrogen) atoms. The number of halogens is 1. The van der Waals surface area contributed by atoms with Crippen LogP contribution >= 0.6 is 17.0 Å². The minimum absolute atomic E-state index is 0. The lowest BCUT2D eigenvalue weighted by Crippen LogP contribution is -2.70. The largest absolute Gasteiger partial charge is 0.451 e. The predicted molar refractivity (Wildman–Crippen MR) is 89.1 cm³/mol. The molecule has 2 aliphatic heterocycles. The van der Waals surface area contributed by atoms with Crippen molar-refractivity contribution < 1.29 is 19.1 Å². The molecule has 1 atom stereocenters. The van der Waals surface area contributed by atoms with Crippen LogP contribution in [-0.4, -0.2) is 38.4 Å². The van der Waals surface area contributed by atoms with Crippen LogP contribution in [0.1, 0.15) is 17.0 Å². The van der Waals surface area contributed by atoms with Crippen molar-refractivity contribution >= 4 is 34.8 Å². The van der Waals surface area contributed by atoms with E-state index in [2.05, 4.69) is 9.97 Å². The number of aromatic amines is 2. The number of H-pyrrole nitrogens is 2. The summed E-state index contributed by atoms with van der Waals surface area (Å²) in [5.41, 5.74) is -3.66. The second kappa shape index (κ2) is 5.91. The van der Waals surface area contributed by atoms with Crippen molar-refractivity contribution in [2.45, 2.75) is 11.5 Å². The molecule has 2 aliphatic rings. The van der Waals surface area contributed by atoms with Crippen LogP contribution in [0.25, 0.3) is 0 Å². The Kier molecular flexibility index (Phi) is 3.99. The standard InChI is InChI=1S/C14H9N5O6.BrH/c20-8-6-7(5-1-3-15-4-2-5)14(25-9(6)17-12(23)16-8)10(21)18-13(24)19-11(14)22;/h1-4,7H,(H2,16,17,20,23)(H2,18,19,21,22,24);1H. The molecule has 4 amide bonds. The molecule has 0 saturated carbocycles. The van der Waals surface area contributed by atoms with Crippen LogP contribution in [0, 0.1) is 0 Å². The van der Waals surface area contributed by atoms with Crippen LogP contribution in [0.3, 0.4) is 0 Å². The van der Waals surface area contributed by atoms with Gasteiger partial charge in [-0.2, -0.15) is 0 Å². The van der Waals surface area contributed by atoms with Gasteiger partial charge in [-0.05, 0) is 17.7 Å². The van der Waals surface area contributed by atoms with Crippen LogP contribution in [0.5, 0.6) is 5.88 Å². The van der Waals surface area contributed by atoms with Crippen molar-refractivity contribution in [1.29, 1.82) is 0 Å². The lowest BCUT2D eigenvalue weighted by atomic mass is 9.78. The smallest absolute Gasteiger partial charge is 0.328 e. The maximum atomic E-state index is 12.5. The van der Waals surface area contributed by atoms with Gasteiger partial charge in [0, 0.05) is 12.4 Å². The first kappa shape index (κ1) is 17.5. The van der Waals surface area contributed by atoms with Crippen molar-refractivity contribution in [3.63, 3.8) is 0 Å². The number of rotatable bonds is 1. The van der Waals surface area contributed by atoms with Crippen LogP contribution in [0.15, 0.2) is 34.1 Å². The van der Waals surface area contributed by atoms with Gasteiger partial charge in [-0.3, -0.25) is 40.0 Å². The van der Waals surface area contributed by atoms with Gasteiger partial charge in [0.05, 0.1) is 11.5 Å². The molecule has 0 bridgehead atoms. The molecule has 4 rings (SSSR count). The molecular weight excluding hydrogens is 414 g/mol. The number of urea groups is 1. The second-order valence-corrected chi connectivity index (χ2v) is 5.44. The van der Waals surface area contributed by atoms with Crippen molar-refractivity contribution in [1.82, 2.24) is 25.6 Å². The molecule has 0 radical (unpaired) electrons. The average molecular weight is 424 g/mol. The van der Waals surface area contributed by atoms with Crippen LogP contribution in [0.2, 0.25) is 0 Å². The van der Waals surface area contributed by atoms with Gasteiger partial charge in [-0.15, -0.1) is 17.0 Å². The molecule has 1 unspecified atom stereocenters. The highest BCUT2D eigenvalue weighted by Crippen LogP contribution is 2.46. The Morgan fingerprint density at radius 3 is 2.19 bits per heavy atom. The van der Waals surface area contributed by atoms with Gasteiger partial charge in [0.2, 0.25) is 5.88 Å². The van der Waals surface area contributed by atoms with E-state index < -0.39 is 40.6 Å². The number of amides is 4. The van der Waals surface area contributed by atoms with Crippen molar-refractivity contribution in [3.8, 4) is 5.88 Å². The minimum atomic E-state index is -2.26. The molecule has 1 spiro atoms. The molecule has 2 aromatic rings. The number of nitrogens with one attached hydrogen (secondary N) is 4. The predicted octanol–water partition coefficient (Wildman–Crippen LogP) is -1.33. The Morgan fingerprint density at radius 2 is 1.58 bits per heavy atom. The Labute approximate surface area is 153 Å². The Morgan fingerprint density at radius 1 is 0.962 bits per heavy atom. The minimum Gasteiger partial charge on any atom is -0.451 e. The SMILES string of the molecule is Br.O=C1NC(=O)C2(Oc3[nH]c(=O)[nH]c(=O)c3C2c2ccncc2)C(=O)N1. The molecule has 0 aromatic carbocycles. The molecule has 11 nitrogen and oxygen atoms in total. The van der Waals surface area contributed by atoms with E-state index in [0.717, 1.165) is 0 Å². The number of carbonyl (C=O) groups is 3. The number of nitrogens with zero attached hydrogens (tertiary/aromatic N) is 1. The number of imide groups is 2. The van der Waals surface area contributed by atoms with Crippen molar-refractivity contribution in [2.24, 2.45) is 0 Å². The number of carbonyl (C=O) groups excluding carboxylic acids is 3. The Balaban J connectivity index is 0.00000196. The van der Waals surface area contributed by atoms with Gasteiger partial charge in [-0.25, -0.2) is 9.59 Å². The first-order valence-electron chi connectivity index (χ1n) is 7.06. The third kappa shape index (κ3) is 2.26. The van der Waals surface area contributed by atoms with E-state index in [-0.39, 0.29) is 28.4 Å². The quantitative estimate of drug-likeness (QED) is 0.412. The zero-order valence-corrected chi connectivity index (χ0v) is 14.4. The Hall–Kier alpha value is -3.28. The molecule has 134 valence electrons. The fourth-order valence-electron chi connectivity index (χ4n) is 3.08. The molecule has 4 heterocycles. The highest BCUT2D eigenvalue weighted by atomic mass is 79.9. The molecule has 4 N–H and O–H groups in total. The molecule has 2 aromatic heterocycles. The summed E-state index contributed by atoms with van der Waals surface area (Å²) in [5, 5.41) is 3.91. The van der Waals surface area contributed by atoms with Gasteiger partial charge in [0.1, 0.15) is 0 Å². The van der Waals surface area contributed by atoms with Crippen molar-refractivity contribution in [3.05, 3.63) is 56.5 Å². The second-order valence-electron chi connectivity index (χ2n) is 5.44. The van der Waals surface area contributed by atoms with Gasteiger partial charge in [-0.1, -0.05) is 0 Å². The summed E-state index contributed by atoms with van der Waals surface area (Å²) in [7, 11) is 0. The summed E-state index contributed by atoms with van der Waals surface area (Å²) in [4.78, 5) is 68.5. The van der Waals surface area contributed by atoms with Gasteiger partial charge in [0.15, 0.2) is 0 Å². The Bertz CT molecular complexity index is 1030. The molecule has 1 fully saturated rings. The van der Waals surface area contributed by atoms with E-state index in [1.165, 1.54) is 24.5 Å². The summed E-state index contributed by atoms with van der Waals surface area (Å²) in [5.74, 6) is -3.59. The molecule has 0 aliphatic carbocycles. The van der Waals surface area contributed by atoms with Crippen LogP contribution < -0.4 is 26.6 Å². The molecular formula is C14H10BrN5O6. The van der Waals surface area contributed by atoms with E-state index in [0.29, 0.717) is 5.56 Å². The topological polar surface area (TPSA) is 163 Å². The lowest BCUT2D eigenvalue weighted by molar-refractivity contribution is -0.151. The van der Waals surface area contributed by atoms with Gasteiger partial charge in [0.25, 0.3) is 23.0 Å². The lowest BCUT2D eigenvalue weighted by Gasteiger charge is -2.33. The van der Waals surface area contributed by atoms with E-state index in [4.69, 9.17) is 4.74 Å². The highest BCUT2D eigenvalue weighted by molar-refractivity contribution is 8.93. The first-order valence-corrected chi connectivity index (χ1v) is 7.06. The number of pyridine rings is 1. The van der Waals surface area contributed by atoms with E-state index in [1.54, 1.807) is 0 Å². The van der Waals surface area contributed by atoms with E-state index >= 15 is 0 Å². The van der Waals surface area contributed by atoms with E-state index in [9.17, 15) is 24.0 Å². The van der Waals surface area contributed by atoms with Crippen LogP contribution in [0.4, 0.5) is 4.79 Å². The third-order valence-electron chi connectivity index (χ3n) is 4.07. The fraction of sp³-hybridized carbons (Fsp3) is 0.143. The van der Waals surface area contributed by atoms with Crippen molar-refractivity contribution in [2.75, 3.05) is 0 Å².